The third kappa shape index (κ3) is 2.52. The summed E-state index contributed by atoms with van der Waals surface area (Å²) in [4.78, 5) is 4.01. The molecule has 0 aromatic heterocycles. The van der Waals surface area contributed by atoms with Crippen LogP contribution in [0.2, 0.25) is 0 Å². The minimum Gasteiger partial charge on any atom is -0.440 e. The minimum atomic E-state index is -0.0774. The van der Waals surface area contributed by atoms with E-state index in [9.17, 15) is 0 Å². The average Bonchev–Trinajstić information content (AvgIpc) is 2.83. The lowest BCUT2D eigenvalue weighted by Gasteiger charge is -2.38. The van der Waals surface area contributed by atoms with Gasteiger partial charge in [-0.2, -0.15) is 0 Å². The highest BCUT2D eigenvalue weighted by Gasteiger charge is 2.45. The molecule has 5 heteroatoms. The Bertz CT molecular complexity index is 630. The van der Waals surface area contributed by atoms with Crippen molar-refractivity contribution in [3.63, 3.8) is 0 Å². The zero-order valence-corrected chi connectivity index (χ0v) is 11.8. The van der Waals surface area contributed by atoms with E-state index in [-0.39, 0.29) is 11.5 Å². The number of nitrogens with zero attached hydrogens (tertiary/aromatic N) is 1. The molecule has 0 unspecified atom stereocenters. The molecule has 1 spiro atoms. The van der Waals surface area contributed by atoms with Crippen molar-refractivity contribution in [2.45, 2.75) is 31.5 Å². The highest BCUT2D eigenvalue weighted by molar-refractivity contribution is 5.77. The van der Waals surface area contributed by atoms with Gasteiger partial charge in [0.05, 0.1) is 24.1 Å². The summed E-state index contributed by atoms with van der Waals surface area (Å²) in [6.45, 7) is 4.43. The average molecular weight is 285 g/mol. The minimum absolute atomic E-state index is 0.0774. The summed E-state index contributed by atoms with van der Waals surface area (Å²) in [7, 11) is 0. The van der Waals surface area contributed by atoms with E-state index in [1.165, 1.54) is 30.0 Å². The Kier molecular flexibility index (Phi) is 3.43. The maximum absolute atomic E-state index is 5.95. The van der Waals surface area contributed by atoms with Crippen molar-refractivity contribution in [1.29, 1.82) is 0 Å². The first-order chi connectivity index (χ1) is 10.1. The van der Waals surface area contributed by atoms with Crippen LogP contribution in [0.3, 0.4) is 0 Å². The number of hydrogen-bond donors (Lipinski definition) is 2. The van der Waals surface area contributed by atoms with Gasteiger partial charge < -0.3 is 20.9 Å². The summed E-state index contributed by atoms with van der Waals surface area (Å²) in [6, 6.07) is 5.98. The van der Waals surface area contributed by atoms with Gasteiger partial charge in [-0.15, -0.1) is 0 Å². The second-order valence-corrected chi connectivity index (χ2v) is 5.38. The molecule has 1 aromatic rings. The Morgan fingerprint density at radius 3 is 2.90 bits per heavy atom. The summed E-state index contributed by atoms with van der Waals surface area (Å²) in [5, 5.41) is 0. The number of aliphatic imine (C=N–C) groups is 1. The molecule has 1 heterocycles. The van der Waals surface area contributed by atoms with Gasteiger partial charge in [-0.25, -0.2) is 4.99 Å². The molecule has 2 aliphatic rings. The highest BCUT2D eigenvalue weighted by atomic mass is 16.5. The van der Waals surface area contributed by atoms with Crippen molar-refractivity contribution in [1.82, 2.24) is 0 Å². The number of ether oxygens (including phenoxy) is 2. The lowest BCUT2D eigenvalue weighted by molar-refractivity contribution is -0.0944. The monoisotopic (exact) mass is 285 g/mol. The van der Waals surface area contributed by atoms with Gasteiger partial charge in [0, 0.05) is 6.20 Å². The van der Waals surface area contributed by atoms with Crippen LogP contribution in [-0.2, 0) is 16.9 Å². The Morgan fingerprint density at radius 1 is 1.43 bits per heavy atom. The molecule has 3 rings (SSSR count). The highest BCUT2D eigenvalue weighted by Crippen LogP contribution is 2.51. The van der Waals surface area contributed by atoms with Crippen LogP contribution in [0.25, 0.3) is 0 Å². The number of hydrogen-bond acceptors (Lipinski definition) is 5. The van der Waals surface area contributed by atoms with E-state index in [1.807, 2.05) is 18.2 Å². The summed E-state index contributed by atoms with van der Waals surface area (Å²) >= 11 is 0. The fraction of sp³-hybridized carbons (Fsp3) is 0.312. The molecule has 0 atom stereocenters. The van der Waals surface area contributed by atoms with Crippen LogP contribution in [0, 0.1) is 0 Å². The van der Waals surface area contributed by atoms with Gasteiger partial charge in [0.25, 0.3) is 0 Å². The Labute approximate surface area is 123 Å². The number of benzene rings is 1. The SMILES string of the molecule is C=C(/N=C\C(N)=C/N)Oc1ccc2c(c1)C1(CCC1)OC2. The first kappa shape index (κ1) is 13.7. The van der Waals surface area contributed by atoms with E-state index in [1.54, 1.807) is 0 Å². The van der Waals surface area contributed by atoms with Gasteiger partial charge in [0.15, 0.2) is 0 Å². The molecule has 0 amide bonds. The topological polar surface area (TPSA) is 82.9 Å². The predicted octanol–water partition coefficient (Wildman–Crippen LogP) is 2.28. The summed E-state index contributed by atoms with van der Waals surface area (Å²) in [6.07, 6.45) is 6.06. The van der Waals surface area contributed by atoms with Gasteiger partial charge in [0.1, 0.15) is 5.75 Å². The molecule has 5 nitrogen and oxygen atoms in total. The summed E-state index contributed by atoms with van der Waals surface area (Å²) in [5.74, 6) is 0.976. The van der Waals surface area contributed by atoms with Crippen LogP contribution in [0.15, 0.2) is 47.6 Å². The summed E-state index contributed by atoms with van der Waals surface area (Å²) in [5.41, 5.74) is 13.5. The maximum Gasteiger partial charge on any atom is 0.211 e. The van der Waals surface area contributed by atoms with Gasteiger partial charge >= 0.3 is 0 Å². The fourth-order valence-electron chi connectivity index (χ4n) is 2.73. The number of allylic oxidation sites excluding steroid dienone is 1. The second kappa shape index (κ2) is 5.26. The quantitative estimate of drug-likeness (QED) is 0.656. The number of fused-ring (bicyclic) bond motifs is 2. The number of rotatable bonds is 4. The van der Waals surface area contributed by atoms with Crippen LogP contribution in [0.5, 0.6) is 5.75 Å². The normalized spacial score (nSPS) is 19.5. The second-order valence-electron chi connectivity index (χ2n) is 5.38. The zero-order chi connectivity index (χ0) is 14.9. The van der Waals surface area contributed by atoms with Gasteiger partial charge in [0.2, 0.25) is 5.88 Å². The van der Waals surface area contributed by atoms with Crippen LogP contribution in [-0.4, -0.2) is 6.21 Å². The molecule has 4 N–H and O–H groups in total. The van der Waals surface area contributed by atoms with Crippen LogP contribution < -0.4 is 16.2 Å². The largest absolute Gasteiger partial charge is 0.440 e. The Morgan fingerprint density at radius 2 is 2.24 bits per heavy atom. The van der Waals surface area contributed by atoms with Gasteiger partial charge in [-0.1, -0.05) is 6.07 Å². The molecule has 0 radical (unpaired) electrons. The van der Waals surface area contributed by atoms with E-state index >= 15 is 0 Å². The molecule has 1 aromatic carbocycles. The van der Waals surface area contributed by atoms with Gasteiger partial charge in [-0.3, -0.25) is 0 Å². The van der Waals surface area contributed by atoms with Crippen molar-refractivity contribution in [2.75, 3.05) is 0 Å². The molecule has 21 heavy (non-hydrogen) atoms. The molecule has 0 saturated heterocycles. The van der Waals surface area contributed by atoms with E-state index in [4.69, 9.17) is 20.9 Å². The molecule has 110 valence electrons. The molecule has 1 fully saturated rings. The van der Waals surface area contributed by atoms with E-state index in [0.29, 0.717) is 18.1 Å². The third-order valence-electron chi connectivity index (χ3n) is 4.02. The zero-order valence-electron chi connectivity index (χ0n) is 11.8. The third-order valence-corrected chi connectivity index (χ3v) is 4.02. The van der Waals surface area contributed by atoms with Crippen molar-refractivity contribution < 1.29 is 9.47 Å². The Balaban J connectivity index is 1.74. The molecular formula is C16H19N3O2. The van der Waals surface area contributed by atoms with Crippen molar-refractivity contribution in [2.24, 2.45) is 16.5 Å². The van der Waals surface area contributed by atoms with Crippen molar-refractivity contribution in [3.05, 3.63) is 53.7 Å². The molecule has 1 aliphatic carbocycles. The Hall–Kier alpha value is -2.27. The lowest BCUT2D eigenvalue weighted by atomic mass is 9.75. The van der Waals surface area contributed by atoms with E-state index < -0.39 is 0 Å². The van der Waals surface area contributed by atoms with E-state index in [0.717, 1.165) is 12.8 Å². The maximum atomic E-state index is 5.95. The molecule has 0 bridgehead atoms. The van der Waals surface area contributed by atoms with Gasteiger partial charge in [-0.05, 0) is 49.1 Å². The standard InChI is InChI=1S/C16H19N3O2/c1-11(19-9-13(18)8-17)21-14-4-3-12-10-20-16(5-2-6-16)15(12)7-14/h3-4,7-9H,1-2,5-6,10,17-18H2/b13-8+,19-9-. The van der Waals surface area contributed by atoms with Crippen molar-refractivity contribution in [3.8, 4) is 5.75 Å². The predicted molar refractivity (Wildman–Crippen MR) is 81.5 cm³/mol. The lowest BCUT2D eigenvalue weighted by Crippen LogP contribution is -2.33. The first-order valence-corrected chi connectivity index (χ1v) is 6.98. The van der Waals surface area contributed by atoms with E-state index in [2.05, 4.69) is 11.6 Å². The van der Waals surface area contributed by atoms with Crippen LogP contribution in [0.4, 0.5) is 0 Å². The molecule has 1 saturated carbocycles. The molecule has 1 aliphatic heterocycles. The molecular weight excluding hydrogens is 266 g/mol. The number of nitrogens with two attached hydrogens (primary N) is 2. The van der Waals surface area contributed by atoms with Crippen LogP contribution >= 0.6 is 0 Å². The summed E-state index contributed by atoms with van der Waals surface area (Å²) < 4.78 is 11.6. The van der Waals surface area contributed by atoms with Crippen molar-refractivity contribution >= 4 is 6.21 Å². The smallest absolute Gasteiger partial charge is 0.211 e. The first-order valence-electron chi connectivity index (χ1n) is 6.98. The fourth-order valence-corrected chi connectivity index (χ4v) is 2.73. The van der Waals surface area contributed by atoms with Crippen LogP contribution in [0.1, 0.15) is 30.4 Å².